The van der Waals surface area contributed by atoms with Crippen molar-refractivity contribution < 1.29 is 17.5 Å². The molecule has 2 aromatic rings. The van der Waals surface area contributed by atoms with Crippen molar-refractivity contribution in [3.8, 4) is 5.88 Å². The van der Waals surface area contributed by atoms with Gasteiger partial charge in [-0.15, -0.1) is 0 Å². The van der Waals surface area contributed by atoms with Crippen LogP contribution in [0.5, 0.6) is 5.88 Å². The molecule has 2 atom stereocenters. The third-order valence-corrected chi connectivity index (χ3v) is 5.64. The Kier molecular flexibility index (Phi) is 6.29. The third kappa shape index (κ3) is 5.26. The maximum Gasteiger partial charge on any atom is 0.239 e. The molecule has 0 amide bonds. The molecule has 1 aliphatic heterocycles. The number of nitrogens with one attached hydrogen (secondary N) is 1. The second kappa shape index (κ2) is 8.52. The van der Waals surface area contributed by atoms with E-state index in [2.05, 4.69) is 22.1 Å². The fourth-order valence-corrected chi connectivity index (χ4v) is 3.64. The Bertz CT molecular complexity index is 921. The number of hydrogen-bond donors (Lipinski definition) is 2. The number of ether oxygens (including phenoxy) is 1. The Morgan fingerprint density at radius 3 is 2.79 bits per heavy atom. The molecule has 0 radical (unpaired) electrons. The number of benzene rings is 1. The predicted molar refractivity (Wildman–Crippen MR) is 104 cm³/mol. The first-order valence-electron chi connectivity index (χ1n) is 9.09. The molecule has 2 heterocycles. The van der Waals surface area contributed by atoms with Gasteiger partial charge < -0.3 is 10.1 Å². The van der Waals surface area contributed by atoms with Crippen molar-refractivity contribution in [2.45, 2.75) is 30.9 Å². The Labute approximate surface area is 164 Å². The molecule has 1 fully saturated rings. The molecule has 0 saturated carbocycles. The second-order valence-electron chi connectivity index (χ2n) is 7.11. The molecule has 0 spiro atoms. The van der Waals surface area contributed by atoms with E-state index in [4.69, 9.17) is 9.88 Å². The molecule has 1 aliphatic rings. The van der Waals surface area contributed by atoms with Gasteiger partial charge in [0.15, 0.2) is 0 Å². The number of aromatic nitrogens is 1. The van der Waals surface area contributed by atoms with Gasteiger partial charge in [-0.05, 0) is 37.1 Å². The van der Waals surface area contributed by atoms with E-state index in [-0.39, 0.29) is 16.6 Å². The van der Waals surface area contributed by atoms with Gasteiger partial charge in [-0.1, -0.05) is 12.1 Å². The van der Waals surface area contributed by atoms with Crippen molar-refractivity contribution in [3.63, 3.8) is 0 Å². The Hall–Kier alpha value is -2.07. The molecular formula is C19H25FN4O3S. The highest BCUT2D eigenvalue weighted by molar-refractivity contribution is 7.89. The van der Waals surface area contributed by atoms with E-state index in [1.54, 1.807) is 13.0 Å². The first-order valence-corrected chi connectivity index (χ1v) is 10.6. The minimum atomic E-state index is -3.82. The summed E-state index contributed by atoms with van der Waals surface area (Å²) >= 11 is 0. The number of rotatable bonds is 6. The molecule has 0 bridgehead atoms. The minimum Gasteiger partial charge on any atom is -0.468 e. The molecule has 1 aromatic heterocycles. The summed E-state index contributed by atoms with van der Waals surface area (Å²) < 4.78 is 42.9. The normalized spacial score (nSPS) is 19.4. The van der Waals surface area contributed by atoms with Crippen LogP contribution in [-0.2, 0) is 10.0 Å². The van der Waals surface area contributed by atoms with Crippen molar-refractivity contribution in [3.05, 3.63) is 53.5 Å². The van der Waals surface area contributed by atoms with Crippen LogP contribution in [0.1, 0.15) is 24.2 Å². The zero-order valence-corrected chi connectivity index (χ0v) is 16.7. The van der Waals surface area contributed by atoms with E-state index < -0.39 is 16.1 Å². The van der Waals surface area contributed by atoms with Crippen molar-refractivity contribution in [2.75, 3.05) is 26.2 Å². The number of nitrogens with zero attached hydrogens (tertiary/aromatic N) is 2. The Morgan fingerprint density at radius 1 is 1.39 bits per heavy atom. The van der Waals surface area contributed by atoms with Gasteiger partial charge in [0.2, 0.25) is 15.9 Å². The summed E-state index contributed by atoms with van der Waals surface area (Å²) in [6.45, 7) is 6.97. The number of halogens is 1. The van der Waals surface area contributed by atoms with E-state index >= 15 is 0 Å². The highest BCUT2D eigenvalue weighted by Crippen LogP contribution is 2.24. The largest absolute Gasteiger partial charge is 0.468 e. The van der Waals surface area contributed by atoms with Crippen molar-refractivity contribution in [1.29, 1.82) is 0 Å². The molecule has 1 unspecified atom stereocenters. The Balaban J connectivity index is 1.83. The van der Waals surface area contributed by atoms with Crippen LogP contribution in [0.15, 0.2) is 41.4 Å². The molecule has 0 aliphatic carbocycles. The monoisotopic (exact) mass is 408 g/mol. The Morgan fingerprint density at radius 2 is 2.18 bits per heavy atom. The van der Waals surface area contributed by atoms with E-state index in [0.717, 1.165) is 25.8 Å². The summed E-state index contributed by atoms with van der Waals surface area (Å²) in [5.41, 5.74) is 1.26. The summed E-state index contributed by atoms with van der Waals surface area (Å²) in [6, 6.07) is 8.20. The lowest BCUT2D eigenvalue weighted by molar-refractivity contribution is 0.109. The van der Waals surface area contributed by atoms with Crippen LogP contribution in [0.4, 0.5) is 4.39 Å². The first-order chi connectivity index (χ1) is 13.2. The van der Waals surface area contributed by atoms with Gasteiger partial charge >= 0.3 is 0 Å². The van der Waals surface area contributed by atoms with Crippen LogP contribution < -0.4 is 15.2 Å². The van der Waals surface area contributed by atoms with Gasteiger partial charge in [-0.25, -0.2) is 22.9 Å². The van der Waals surface area contributed by atoms with Gasteiger partial charge in [0, 0.05) is 38.3 Å². The lowest BCUT2D eigenvalue weighted by atomic mass is 10.1. The zero-order valence-electron chi connectivity index (χ0n) is 15.9. The summed E-state index contributed by atoms with van der Waals surface area (Å²) in [5.74, 6) is -0.0427. The molecule has 28 heavy (non-hydrogen) atoms. The number of nitrogens with two attached hydrogens (primary N) is 1. The SMILES string of the molecule is Cc1ccc(C(CN2CCN[C@H](C)C2)Oc2ccc(S(N)(=O)=O)cn2)cc1F. The summed E-state index contributed by atoms with van der Waals surface area (Å²) in [5, 5.41) is 8.49. The summed E-state index contributed by atoms with van der Waals surface area (Å²) in [6.07, 6.45) is 0.706. The van der Waals surface area contributed by atoms with Crippen molar-refractivity contribution in [2.24, 2.45) is 5.14 Å². The molecular weight excluding hydrogens is 383 g/mol. The number of sulfonamides is 1. The van der Waals surface area contributed by atoms with E-state index in [9.17, 15) is 12.8 Å². The molecule has 152 valence electrons. The maximum atomic E-state index is 14.1. The molecule has 1 aromatic carbocycles. The number of hydrogen-bond acceptors (Lipinski definition) is 6. The minimum absolute atomic E-state index is 0.0892. The smallest absolute Gasteiger partial charge is 0.239 e. The molecule has 1 saturated heterocycles. The lowest BCUT2D eigenvalue weighted by Gasteiger charge is -2.34. The fraction of sp³-hybridized carbons (Fsp3) is 0.421. The van der Waals surface area contributed by atoms with Gasteiger partial charge in [0.1, 0.15) is 16.8 Å². The fourth-order valence-electron chi connectivity index (χ4n) is 3.18. The van der Waals surface area contributed by atoms with Gasteiger partial charge in [-0.2, -0.15) is 0 Å². The van der Waals surface area contributed by atoms with Crippen LogP contribution in [0.25, 0.3) is 0 Å². The predicted octanol–water partition coefficient (Wildman–Crippen LogP) is 1.59. The van der Waals surface area contributed by atoms with Crippen LogP contribution in [-0.4, -0.2) is 50.5 Å². The average Bonchev–Trinajstić information content (AvgIpc) is 2.63. The number of primary sulfonamides is 1. The van der Waals surface area contributed by atoms with Crippen LogP contribution >= 0.6 is 0 Å². The summed E-state index contributed by atoms with van der Waals surface area (Å²) in [4.78, 5) is 6.22. The molecule has 7 nitrogen and oxygen atoms in total. The highest BCUT2D eigenvalue weighted by Gasteiger charge is 2.23. The average molecular weight is 408 g/mol. The quantitative estimate of drug-likeness (QED) is 0.753. The van der Waals surface area contributed by atoms with Gasteiger partial charge in [0.05, 0.1) is 6.20 Å². The van der Waals surface area contributed by atoms with Crippen LogP contribution in [0.2, 0.25) is 0 Å². The number of aryl methyl sites for hydroxylation is 1. The van der Waals surface area contributed by atoms with E-state index in [1.807, 2.05) is 6.07 Å². The van der Waals surface area contributed by atoms with E-state index in [0.29, 0.717) is 23.7 Å². The second-order valence-corrected chi connectivity index (χ2v) is 8.67. The molecule has 3 rings (SSSR count). The van der Waals surface area contributed by atoms with Gasteiger partial charge in [0.25, 0.3) is 0 Å². The zero-order chi connectivity index (χ0) is 20.3. The molecule has 3 N–H and O–H groups in total. The number of piperazine rings is 1. The highest BCUT2D eigenvalue weighted by atomic mass is 32.2. The maximum absolute atomic E-state index is 14.1. The summed E-state index contributed by atoms with van der Waals surface area (Å²) in [7, 11) is -3.82. The van der Waals surface area contributed by atoms with Gasteiger partial charge in [-0.3, -0.25) is 4.90 Å². The first kappa shape index (κ1) is 20.7. The lowest BCUT2D eigenvalue weighted by Crippen LogP contribution is -2.50. The topological polar surface area (TPSA) is 97.5 Å². The number of pyridine rings is 1. The van der Waals surface area contributed by atoms with E-state index in [1.165, 1.54) is 18.2 Å². The molecule has 9 heteroatoms. The van der Waals surface area contributed by atoms with Crippen LogP contribution in [0.3, 0.4) is 0 Å². The van der Waals surface area contributed by atoms with Crippen LogP contribution in [0, 0.1) is 12.7 Å². The third-order valence-electron chi connectivity index (χ3n) is 4.75. The van der Waals surface area contributed by atoms with Crippen molar-refractivity contribution in [1.82, 2.24) is 15.2 Å². The standard InChI is InChI=1S/C19H25FN4O3S/c1-13-3-4-15(9-17(13)20)18(12-24-8-7-22-14(2)11-24)27-19-6-5-16(10-23-19)28(21,25)26/h3-6,9-10,14,18,22H,7-8,11-12H2,1-2H3,(H2,21,25,26)/t14-,18?/m1/s1. The van der Waals surface area contributed by atoms with Crippen molar-refractivity contribution >= 4 is 10.0 Å².